The number of sulfone groups is 1. The first-order valence-electron chi connectivity index (χ1n) is 5.66. The Hall–Kier alpha value is -0.0900. The lowest BCUT2D eigenvalue weighted by Crippen LogP contribution is -2.38. The average Bonchev–Trinajstić information content (AvgIpc) is 2.11. The molecule has 0 aliphatic rings. The van der Waals surface area contributed by atoms with Gasteiger partial charge in [0.05, 0.1) is 11.5 Å². The number of hydrogen-bond donors (Lipinski definition) is 1. The largest absolute Gasteiger partial charge is 0.316 e. The van der Waals surface area contributed by atoms with Crippen LogP contribution in [0.1, 0.15) is 34.1 Å². The lowest BCUT2D eigenvalue weighted by atomic mass is 10.1. The third-order valence-electron chi connectivity index (χ3n) is 2.62. The van der Waals surface area contributed by atoms with Crippen LogP contribution in [0.3, 0.4) is 0 Å². The van der Waals surface area contributed by atoms with E-state index in [2.05, 4.69) is 5.32 Å². The molecule has 1 N–H and O–H groups in total. The van der Waals surface area contributed by atoms with Crippen molar-refractivity contribution in [2.45, 2.75) is 40.2 Å². The molecular weight excluding hydrogens is 210 g/mol. The van der Waals surface area contributed by atoms with E-state index in [1.54, 1.807) is 0 Å². The zero-order chi connectivity index (χ0) is 12.1. The van der Waals surface area contributed by atoms with Gasteiger partial charge in [0.2, 0.25) is 0 Å². The molecule has 0 fully saturated rings. The number of rotatable bonds is 7. The average molecular weight is 235 g/mol. The van der Waals surface area contributed by atoms with Crippen LogP contribution >= 0.6 is 0 Å². The van der Waals surface area contributed by atoms with E-state index >= 15 is 0 Å². The smallest absolute Gasteiger partial charge is 0.151 e. The summed E-state index contributed by atoms with van der Waals surface area (Å²) in [4.78, 5) is 0. The Morgan fingerprint density at radius 2 is 1.67 bits per heavy atom. The summed E-state index contributed by atoms with van der Waals surface area (Å²) in [5.41, 5.74) is 0. The molecule has 0 radical (unpaired) electrons. The Morgan fingerprint density at radius 1 is 1.13 bits per heavy atom. The summed E-state index contributed by atoms with van der Waals surface area (Å²) < 4.78 is 23.5. The van der Waals surface area contributed by atoms with Gasteiger partial charge in [-0.25, -0.2) is 8.42 Å². The fourth-order valence-electron chi connectivity index (χ4n) is 1.38. The molecule has 0 bridgehead atoms. The Bertz CT molecular complexity index is 258. The Morgan fingerprint density at radius 3 is 2.00 bits per heavy atom. The zero-order valence-corrected chi connectivity index (χ0v) is 11.4. The Labute approximate surface area is 94.6 Å². The van der Waals surface area contributed by atoms with Gasteiger partial charge in [0.1, 0.15) is 0 Å². The van der Waals surface area contributed by atoms with Crippen molar-refractivity contribution in [2.75, 3.05) is 18.6 Å². The van der Waals surface area contributed by atoms with Gasteiger partial charge in [-0.2, -0.15) is 0 Å². The van der Waals surface area contributed by atoms with Crippen molar-refractivity contribution in [1.82, 2.24) is 5.32 Å². The van der Waals surface area contributed by atoms with E-state index in [-0.39, 0.29) is 11.8 Å². The molecule has 15 heavy (non-hydrogen) atoms. The van der Waals surface area contributed by atoms with Crippen LogP contribution in [-0.2, 0) is 9.84 Å². The van der Waals surface area contributed by atoms with E-state index in [1.165, 1.54) is 0 Å². The van der Waals surface area contributed by atoms with Gasteiger partial charge in [0, 0.05) is 6.04 Å². The second kappa shape index (κ2) is 6.48. The summed E-state index contributed by atoms with van der Waals surface area (Å²) in [5, 5.41) is 3.07. The van der Waals surface area contributed by atoms with Gasteiger partial charge in [-0.3, -0.25) is 0 Å². The molecule has 1 unspecified atom stereocenters. The Kier molecular flexibility index (Phi) is 6.44. The molecule has 0 saturated carbocycles. The Balaban J connectivity index is 4.23. The molecule has 0 saturated heterocycles. The van der Waals surface area contributed by atoms with Gasteiger partial charge in [-0.15, -0.1) is 0 Å². The van der Waals surface area contributed by atoms with Gasteiger partial charge in [-0.1, -0.05) is 27.7 Å². The number of nitrogens with one attached hydrogen (secondary N) is 1. The molecule has 0 aromatic rings. The highest BCUT2D eigenvalue weighted by atomic mass is 32.2. The molecule has 0 amide bonds. The minimum absolute atomic E-state index is 0.0714. The molecule has 0 aromatic carbocycles. The minimum atomic E-state index is -2.90. The minimum Gasteiger partial charge on any atom is -0.316 e. The van der Waals surface area contributed by atoms with Crippen LogP contribution in [0.4, 0.5) is 0 Å². The van der Waals surface area contributed by atoms with Gasteiger partial charge in [0.25, 0.3) is 0 Å². The predicted molar refractivity (Wildman–Crippen MR) is 65.8 cm³/mol. The lowest BCUT2D eigenvalue weighted by molar-refractivity contribution is 0.454. The zero-order valence-electron chi connectivity index (χ0n) is 10.6. The summed E-state index contributed by atoms with van der Waals surface area (Å²) in [7, 11) is -1.07. The molecule has 4 heteroatoms. The molecule has 1 atom stereocenters. The second-order valence-electron chi connectivity index (χ2n) is 4.94. The molecule has 92 valence electrons. The SMILES string of the molecule is CNC(CS(=O)(=O)CCC(C)C)C(C)C. The van der Waals surface area contributed by atoms with Gasteiger partial charge in [0.15, 0.2) is 9.84 Å². The van der Waals surface area contributed by atoms with E-state index in [0.717, 1.165) is 6.42 Å². The lowest BCUT2D eigenvalue weighted by Gasteiger charge is -2.20. The highest BCUT2D eigenvalue weighted by molar-refractivity contribution is 7.91. The summed E-state index contributed by atoms with van der Waals surface area (Å²) in [6.07, 6.45) is 0.761. The van der Waals surface area contributed by atoms with Crippen LogP contribution < -0.4 is 5.32 Å². The molecule has 3 nitrogen and oxygen atoms in total. The molecule has 0 rings (SSSR count). The van der Waals surface area contributed by atoms with E-state index in [4.69, 9.17) is 0 Å². The summed E-state index contributed by atoms with van der Waals surface area (Å²) in [6, 6.07) is 0.0714. The van der Waals surface area contributed by atoms with Crippen molar-refractivity contribution >= 4 is 9.84 Å². The molecule has 0 aromatic heterocycles. The van der Waals surface area contributed by atoms with Gasteiger partial charge < -0.3 is 5.32 Å². The number of hydrogen-bond acceptors (Lipinski definition) is 3. The molecule has 0 heterocycles. The summed E-state index contributed by atoms with van der Waals surface area (Å²) in [6.45, 7) is 8.18. The van der Waals surface area contributed by atoms with Crippen LogP contribution in [-0.4, -0.2) is 33.0 Å². The highest BCUT2D eigenvalue weighted by Crippen LogP contribution is 2.09. The van der Waals surface area contributed by atoms with Crippen molar-refractivity contribution < 1.29 is 8.42 Å². The van der Waals surface area contributed by atoms with Crippen molar-refractivity contribution in [1.29, 1.82) is 0 Å². The van der Waals surface area contributed by atoms with Gasteiger partial charge in [-0.05, 0) is 25.3 Å². The van der Waals surface area contributed by atoms with E-state index in [9.17, 15) is 8.42 Å². The quantitative estimate of drug-likeness (QED) is 0.730. The van der Waals surface area contributed by atoms with Crippen molar-refractivity contribution in [3.63, 3.8) is 0 Å². The first kappa shape index (κ1) is 14.9. The van der Waals surface area contributed by atoms with Crippen LogP contribution in [0.5, 0.6) is 0 Å². The normalized spacial score (nSPS) is 14.9. The fraction of sp³-hybridized carbons (Fsp3) is 1.00. The van der Waals surface area contributed by atoms with Crippen molar-refractivity contribution in [3.8, 4) is 0 Å². The van der Waals surface area contributed by atoms with E-state index in [0.29, 0.717) is 17.6 Å². The van der Waals surface area contributed by atoms with Crippen LogP contribution in [0.15, 0.2) is 0 Å². The van der Waals surface area contributed by atoms with Crippen LogP contribution in [0, 0.1) is 11.8 Å². The highest BCUT2D eigenvalue weighted by Gasteiger charge is 2.20. The monoisotopic (exact) mass is 235 g/mol. The maximum absolute atomic E-state index is 11.8. The summed E-state index contributed by atoms with van der Waals surface area (Å²) >= 11 is 0. The van der Waals surface area contributed by atoms with Crippen molar-refractivity contribution in [3.05, 3.63) is 0 Å². The fourth-order valence-corrected chi connectivity index (χ4v) is 3.48. The van der Waals surface area contributed by atoms with E-state index < -0.39 is 9.84 Å². The van der Waals surface area contributed by atoms with Crippen LogP contribution in [0.2, 0.25) is 0 Å². The third kappa shape index (κ3) is 6.90. The van der Waals surface area contributed by atoms with Gasteiger partial charge >= 0.3 is 0 Å². The molecule has 0 spiro atoms. The standard InChI is InChI=1S/C11H25NO2S/c1-9(2)6-7-15(13,14)8-11(12-5)10(3)4/h9-12H,6-8H2,1-5H3. The van der Waals surface area contributed by atoms with E-state index in [1.807, 2.05) is 34.7 Å². The van der Waals surface area contributed by atoms with Crippen LogP contribution in [0.25, 0.3) is 0 Å². The predicted octanol–water partition coefficient (Wildman–Crippen LogP) is 1.69. The topological polar surface area (TPSA) is 46.2 Å². The molecule has 0 aliphatic heterocycles. The third-order valence-corrected chi connectivity index (χ3v) is 4.34. The molecular formula is C11H25NO2S. The first-order chi connectivity index (χ1) is 6.78. The summed E-state index contributed by atoms with van der Waals surface area (Å²) in [5.74, 6) is 1.37. The maximum Gasteiger partial charge on any atom is 0.151 e. The first-order valence-corrected chi connectivity index (χ1v) is 7.48. The molecule has 0 aliphatic carbocycles. The van der Waals surface area contributed by atoms with Crippen molar-refractivity contribution in [2.24, 2.45) is 11.8 Å². The maximum atomic E-state index is 11.8. The second-order valence-corrected chi connectivity index (χ2v) is 7.16.